The van der Waals surface area contributed by atoms with E-state index in [4.69, 9.17) is 0 Å². The van der Waals surface area contributed by atoms with E-state index in [0.29, 0.717) is 0 Å². The molecule has 0 spiro atoms. The van der Waals surface area contributed by atoms with E-state index in [-0.39, 0.29) is 0 Å². The summed E-state index contributed by atoms with van der Waals surface area (Å²) in [5.74, 6) is 0. The lowest BCUT2D eigenvalue weighted by Gasteiger charge is -2.04. The van der Waals surface area contributed by atoms with Gasteiger partial charge in [-0.1, -0.05) is 12.2 Å². The predicted octanol–water partition coefficient (Wildman–Crippen LogP) is 1.13. The molecule has 1 aromatic heterocycles. The van der Waals surface area contributed by atoms with E-state index in [1.54, 1.807) is 0 Å². The molecule has 72 valence electrons. The highest BCUT2D eigenvalue weighted by molar-refractivity contribution is 5.00. The Balaban J connectivity index is 2.20. The van der Waals surface area contributed by atoms with Crippen molar-refractivity contribution in [3.8, 4) is 0 Å². The largest absolute Gasteiger partial charge is 0.313 e. The summed E-state index contributed by atoms with van der Waals surface area (Å²) in [6, 6.07) is 2.04. The van der Waals surface area contributed by atoms with Crippen molar-refractivity contribution in [1.29, 1.82) is 0 Å². The summed E-state index contributed by atoms with van der Waals surface area (Å²) >= 11 is 0. The van der Waals surface area contributed by atoms with Crippen LogP contribution >= 0.6 is 0 Å². The van der Waals surface area contributed by atoms with Gasteiger partial charge in [-0.2, -0.15) is 5.10 Å². The van der Waals surface area contributed by atoms with Gasteiger partial charge in [0.2, 0.25) is 0 Å². The smallest absolute Gasteiger partial charge is 0.0492 e. The third-order valence-electron chi connectivity index (χ3n) is 1.91. The van der Waals surface area contributed by atoms with Crippen LogP contribution in [0.3, 0.4) is 0 Å². The molecule has 0 bridgehead atoms. The second-order valence-corrected chi connectivity index (χ2v) is 3.33. The molecule has 0 aliphatic rings. The third-order valence-corrected chi connectivity index (χ3v) is 1.91. The van der Waals surface area contributed by atoms with Crippen molar-refractivity contribution in [1.82, 2.24) is 15.1 Å². The number of hydrogen-bond donors (Lipinski definition) is 1. The van der Waals surface area contributed by atoms with Gasteiger partial charge in [-0.3, -0.25) is 4.68 Å². The molecule has 0 saturated heterocycles. The maximum atomic E-state index is 4.10. The van der Waals surface area contributed by atoms with Crippen molar-refractivity contribution in [2.45, 2.75) is 13.3 Å². The number of hydrogen-bond acceptors (Lipinski definition) is 2. The summed E-state index contributed by atoms with van der Waals surface area (Å²) in [5.41, 5.74) is 2.43. The fourth-order valence-electron chi connectivity index (χ4n) is 1.16. The van der Waals surface area contributed by atoms with Crippen LogP contribution in [0.1, 0.15) is 12.6 Å². The van der Waals surface area contributed by atoms with E-state index in [0.717, 1.165) is 19.5 Å². The Bertz CT molecular complexity index is 275. The van der Waals surface area contributed by atoms with Crippen LogP contribution in [0.15, 0.2) is 24.4 Å². The Morgan fingerprint density at radius 1 is 1.69 bits per heavy atom. The quantitative estimate of drug-likeness (QED) is 0.542. The van der Waals surface area contributed by atoms with Crippen LogP contribution in [0.4, 0.5) is 0 Å². The first kappa shape index (κ1) is 9.99. The first-order valence-corrected chi connectivity index (χ1v) is 4.52. The molecule has 3 heteroatoms. The topological polar surface area (TPSA) is 29.9 Å². The van der Waals surface area contributed by atoms with Crippen LogP contribution < -0.4 is 5.32 Å². The van der Waals surface area contributed by atoms with Crippen molar-refractivity contribution in [3.63, 3.8) is 0 Å². The zero-order valence-electron chi connectivity index (χ0n) is 8.38. The van der Waals surface area contributed by atoms with Gasteiger partial charge in [0, 0.05) is 38.4 Å². The lowest BCUT2D eigenvalue weighted by Crippen LogP contribution is -2.19. The van der Waals surface area contributed by atoms with Gasteiger partial charge in [-0.15, -0.1) is 0 Å². The Labute approximate surface area is 79.5 Å². The molecule has 0 aliphatic carbocycles. The van der Waals surface area contributed by atoms with Gasteiger partial charge in [0.1, 0.15) is 0 Å². The molecule has 0 aliphatic heterocycles. The van der Waals surface area contributed by atoms with E-state index < -0.39 is 0 Å². The van der Waals surface area contributed by atoms with Crippen LogP contribution in [-0.4, -0.2) is 22.9 Å². The van der Waals surface area contributed by atoms with E-state index in [1.165, 1.54) is 11.3 Å². The summed E-state index contributed by atoms with van der Waals surface area (Å²) in [6.07, 6.45) is 2.85. The maximum Gasteiger partial charge on any atom is 0.0492 e. The van der Waals surface area contributed by atoms with Crippen molar-refractivity contribution in [2.24, 2.45) is 7.05 Å². The van der Waals surface area contributed by atoms with Crippen LogP contribution in [0.2, 0.25) is 0 Å². The molecule has 0 amide bonds. The minimum absolute atomic E-state index is 0.901. The molecular formula is C10H17N3. The summed E-state index contributed by atoms with van der Waals surface area (Å²) < 4.78 is 1.91. The van der Waals surface area contributed by atoms with Crippen LogP contribution in [0.5, 0.6) is 0 Å². The van der Waals surface area contributed by atoms with E-state index in [1.807, 2.05) is 30.9 Å². The van der Waals surface area contributed by atoms with E-state index >= 15 is 0 Å². The lowest BCUT2D eigenvalue weighted by molar-refractivity contribution is 0.663. The molecule has 1 N–H and O–H groups in total. The van der Waals surface area contributed by atoms with Crippen molar-refractivity contribution < 1.29 is 0 Å². The molecule has 0 saturated carbocycles. The molecule has 0 fully saturated rings. The fourth-order valence-corrected chi connectivity index (χ4v) is 1.16. The average Bonchev–Trinajstić information content (AvgIpc) is 2.45. The molecular weight excluding hydrogens is 162 g/mol. The first-order chi connectivity index (χ1) is 6.20. The minimum Gasteiger partial charge on any atom is -0.313 e. The van der Waals surface area contributed by atoms with Gasteiger partial charge in [-0.05, 0) is 13.0 Å². The van der Waals surface area contributed by atoms with Gasteiger partial charge in [0.05, 0.1) is 0 Å². The summed E-state index contributed by atoms with van der Waals surface area (Å²) in [4.78, 5) is 0. The molecule has 1 aromatic rings. The second kappa shape index (κ2) is 4.82. The van der Waals surface area contributed by atoms with Crippen molar-refractivity contribution in [3.05, 3.63) is 30.1 Å². The molecule has 0 aromatic carbocycles. The third kappa shape index (κ3) is 3.42. The van der Waals surface area contributed by atoms with Gasteiger partial charge in [0.15, 0.2) is 0 Å². The normalized spacial score (nSPS) is 10.3. The van der Waals surface area contributed by atoms with Gasteiger partial charge in [0.25, 0.3) is 0 Å². The molecule has 0 unspecified atom stereocenters. The highest BCUT2D eigenvalue weighted by atomic mass is 15.3. The van der Waals surface area contributed by atoms with Crippen LogP contribution in [0.25, 0.3) is 0 Å². The first-order valence-electron chi connectivity index (χ1n) is 4.52. The Morgan fingerprint density at radius 3 is 3.00 bits per heavy atom. The van der Waals surface area contributed by atoms with Crippen LogP contribution in [0, 0.1) is 0 Å². The number of nitrogens with zero attached hydrogens (tertiary/aromatic N) is 2. The molecule has 0 atom stereocenters. The molecule has 1 heterocycles. The number of aromatic nitrogens is 2. The maximum absolute atomic E-state index is 4.10. The second-order valence-electron chi connectivity index (χ2n) is 3.33. The van der Waals surface area contributed by atoms with Gasteiger partial charge >= 0.3 is 0 Å². The lowest BCUT2D eigenvalue weighted by atomic mass is 10.3. The monoisotopic (exact) mass is 179 g/mol. The molecule has 13 heavy (non-hydrogen) atoms. The Hall–Kier alpha value is -1.09. The predicted molar refractivity (Wildman–Crippen MR) is 54.6 cm³/mol. The molecule has 3 nitrogen and oxygen atoms in total. The number of aryl methyl sites for hydroxylation is 1. The SMILES string of the molecule is C=C(C)CNCCc1ccnn1C. The molecule has 1 rings (SSSR count). The van der Waals surface area contributed by atoms with E-state index in [9.17, 15) is 0 Å². The van der Waals surface area contributed by atoms with E-state index in [2.05, 4.69) is 17.0 Å². The van der Waals surface area contributed by atoms with Gasteiger partial charge in [-0.25, -0.2) is 0 Å². The Kier molecular flexibility index (Phi) is 3.71. The zero-order valence-corrected chi connectivity index (χ0v) is 8.38. The summed E-state index contributed by atoms with van der Waals surface area (Å²) in [6.45, 7) is 7.73. The summed E-state index contributed by atoms with van der Waals surface area (Å²) in [5, 5.41) is 7.41. The molecule has 0 radical (unpaired) electrons. The summed E-state index contributed by atoms with van der Waals surface area (Å²) in [7, 11) is 1.97. The average molecular weight is 179 g/mol. The zero-order chi connectivity index (χ0) is 9.68. The number of rotatable bonds is 5. The standard InChI is InChI=1S/C10H17N3/c1-9(2)8-11-6-4-10-5-7-12-13(10)3/h5,7,11H,1,4,6,8H2,2-3H3. The number of nitrogens with one attached hydrogen (secondary N) is 1. The highest BCUT2D eigenvalue weighted by Crippen LogP contribution is 1.96. The highest BCUT2D eigenvalue weighted by Gasteiger charge is 1.96. The minimum atomic E-state index is 0.901. The van der Waals surface area contributed by atoms with Crippen LogP contribution in [-0.2, 0) is 13.5 Å². The van der Waals surface area contributed by atoms with Crippen molar-refractivity contribution in [2.75, 3.05) is 13.1 Å². The Morgan fingerprint density at radius 2 is 2.46 bits per heavy atom. The van der Waals surface area contributed by atoms with Gasteiger partial charge < -0.3 is 5.32 Å². The van der Waals surface area contributed by atoms with Crippen molar-refractivity contribution >= 4 is 0 Å². The fraction of sp³-hybridized carbons (Fsp3) is 0.500.